The van der Waals surface area contributed by atoms with Crippen LogP contribution in [0, 0.1) is 6.92 Å². The van der Waals surface area contributed by atoms with Gasteiger partial charge in [0.25, 0.3) is 0 Å². The maximum Gasteiger partial charge on any atom is 0.330 e. The number of benzene rings is 3. The van der Waals surface area contributed by atoms with Crippen molar-refractivity contribution in [2.45, 2.75) is 51.6 Å². The van der Waals surface area contributed by atoms with Crippen LogP contribution in [0.4, 0.5) is 0 Å². The quantitative estimate of drug-likeness (QED) is 0.0940. The lowest BCUT2D eigenvalue weighted by Crippen LogP contribution is -2.24. The van der Waals surface area contributed by atoms with Crippen molar-refractivity contribution in [1.82, 2.24) is 4.98 Å². The van der Waals surface area contributed by atoms with Crippen molar-refractivity contribution in [1.29, 1.82) is 0 Å². The highest BCUT2D eigenvalue weighted by Crippen LogP contribution is 2.26. The van der Waals surface area contributed by atoms with Gasteiger partial charge in [-0.2, -0.15) is 11.8 Å². The zero-order valence-corrected chi connectivity index (χ0v) is 26.4. The van der Waals surface area contributed by atoms with Gasteiger partial charge in [-0.1, -0.05) is 91.0 Å². The van der Waals surface area contributed by atoms with E-state index in [1.165, 1.54) is 5.56 Å². The van der Waals surface area contributed by atoms with E-state index in [0.717, 1.165) is 33.8 Å². The summed E-state index contributed by atoms with van der Waals surface area (Å²) in [6, 6.07) is 29.2. The number of aryl methyl sites for hydroxylation is 1. The number of rotatable bonds is 17. The summed E-state index contributed by atoms with van der Waals surface area (Å²) >= 11 is 1.80. The zero-order valence-electron chi connectivity index (χ0n) is 25.6. The van der Waals surface area contributed by atoms with Crippen molar-refractivity contribution in [2.24, 2.45) is 4.99 Å². The minimum Gasteiger partial charge on any atom is -0.488 e. The van der Waals surface area contributed by atoms with Gasteiger partial charge in [-0.15, -0.1) is 0 Å². The SMILES string of the molecule is CO[C@@H](COc1c(C)ncc(COCc2ccccc2)c1C=NC(C)C(=O)OCc1ccccc1)CSCc1ccccc1. The molecule has 0 saturated carbocycles. The number of nitrogens with zero attached hydrogens (tertiary/aromatic N) is 2. The fraction of sp³-hybridized carbons (Fsp3) is 0.306. The molecule has 1 unspecified atom stereocenters. The summed E-state index contributed by atoms with van der Waals surface area (Å²) in [6.45, 7) is 4.90. The van der Waals surface area contributed by atoms with Gasteiger partial charge in [-0.25, -0.2) is 4.79 Å². The fourth-order valence-corrected chi connectivity index (χ4v) is 5.32. The molecule has 44 heavy (non-hydrogen) atoms. The Morgan fingerprint density at radius 3 is 2.14 bits per heavy atom. The Kier molecular flexibility index (Phi) is 13.4. The number of pyridine rings is 1. The molecule has 0 aliphatic heterocycles. The van der Waals surface area contributed by atoms with E-state index in [-0.39, 0.29) is 12.7 Å². The third-order valence-corrected chi connectivity index (χ3v) is 8.00. The Hall–Kier alpha value is -3.98. The topological polar surface area (TPSA) is 79.2 Å². The lowest BCUT2D eigenvalue weighted by atomic mass is 10.1. The van der Waals surface area contributed by atoms with Crippen molar-refractivity contribution in [3.63, 3.8) is 0 Å². The first-order chi connectivity index (χ1) is 21.5. The van der Waals surface area contributed by atoms with Crippen LogP contribution < -0.4 is 4.74 Å². The van der Waals surface area contributed by atoms with Crippen molar-refractivity contribution in [3.05, 3.63) is 131 Å². The van der Waals surface area contributed by atoms with Gasteiger partial charge in [0.1, 0.15) is 31.1 Å². The normalized spacial score (nSPS) is 12.6. The Bertz CT molecular complexity index is 1450. The van der Waals surface area contributed by atoms with E-state index in [4.69, 9.17) is 18.9 Å². The molecule has 8 heteroatoms. The molecular weight excluding hydrogens is 572 g/mol. The molecule has 0 N–H and O–H groups in total. The van der Waals surface area contributed by atoms with Gasteiger partial charge in [0.2, 0.25) is 0 Å². The van der Waals surface area contributed by atoms with Crippen LogP contribution in [-0.4, -0.2) is 48.8 Å². The second-order valence-corrected chi connectivity index (χ2v) is 11.3. The number of thioether (sulfide) groups is 1. The average Bonchev–Trinajstić information content (AvgIpc) is 3.06. The van der Waals surface area contributed by atoms with Crippen molar-refractivity contribution in [3.8, 4) is 5.75 Å². The van der Waals surface area contributed by atoms with Gasteiger partial charge >= 0.3 is 5.97 Å². The first kappa shape index (κ1) is 32.9. The molecule has 1 heterocycles. The van der Waals surface area contributed by atoms with Crippen LogP contribution in [0.3, 0.4) is 0 Å². The number of methoxy groups -OCH3 is 1. The molecule has 4 rings (SSSR count). The van der Waals surface area contributed by atoms with E-state index < -0.39 is 12.0 Å². The zero-order chi connectivity index (χ0) is 31.0. The summed E-state index contributed by atoms with van der Waals surface area (Å²) in [5.41, 5.74) is 5.51. The monoisotopic (exact) mass is 612 g/mol. The van der Waals surface area contributed by atoms with E-state index in [2.05, 4.69) is 22.1 Å². The highest BCUT2D eigenvalue weighted by Gasteiger charge is 2.18. The van der Waals surface area contributed by atoms with E-state index in [1.54, 1.807) is 38.2 Å². The molecule has 4 aromatic rings. The minimum absolute atomic E-state index is 0.127. The third kappa shape index (κ3) is 10.6. The number of ether oxygens (including phenoxy) is 4. The van der Waals surface area contributed by atoms with Gasteiger partial charge in [0.05, 0.1) is 18.9 Å². The summed E-state index contributed by atoms with van der Waals surface area (Å²) in [6.07, 6.45) is 3.32. The first-order valence-electron chi connectivity index (χ1n) is 14.6. The van der Waals surface area contributed by atoms with Gasteiger partial charge in [-0.3, -0.25) is 9.98 Å². The molecule has 0 spiro atoms. The number of aliphatic imine (C=N–C) groups is 1. The number of carbonyl (C=O) groups excluding carboxylic acids is 1. The van der Waals surface area contributed by atoms with Crippen LogP contribution in [0.2, 0.25) is 0 Å². The first-order valence-corrected chi connectivity index (χ1v) is 15.8. The number of hydrogen-bond acceptors (Lipinski definition) is 8. The predicted molar refractivity (Wildman–Crippen MR) is 176 cm³/mol. The summed E-state index contributed by atoms with van der Waals surface area (Å²) in [4.78, 5) is 21.9. The predicted octanol–water partition coefficient (Wildman–Crippen LogP) is 6.98. The van der Waals surface area contributed by atoms with Gasteiger partial charge < -0.3 is 18.9 Å². The number of esters is 1. The molecule has 0 bridgehead atoms. The molecule has 0 fully saturated rings. The smallest absolute Gasteiger partial charge is 0.330 e. The van der Waals surface area contributed by atoms with Crippen LogP contribution in [0.1, 0.15) is 40.4 Å². The molecule has 7 nitrogen and oxygen atoms in total. The lowest BCUT2D eigenvalue weighted by Gasteiger charge is -2.19. The summed E-state index contributed by atoms with van der Waals surface area (Å²) in [5, 5.41) is 0. The molecule has 0 saturated heterocycles. The molecule has 0 radical (unpaired) electrons. The Balaban J connectivity index is 1.46. The van der Waals surface area contributed by atoms with E-state index >= 15 is 0 Å². The summed E-state index contributed by atoms with van der Waals surface area (Å²) in [7, 11) is 1.70. The maximum absolute atomic E-state index is 12.7. The maximum atomic E-state index is 12.7. The second kappa shape index (κ2) is 18.0. The number of aromatic nitrogens is 1. The molecule has 1 aromatic heterocycles. The van der Waals surface area contributed by atoms with Crippen molar-refractivity contribution in [2.75, 3.05) is 19.5 Å². The third-order valence-electron chi connectivity index (χ3n) is 6.86. The molecule has 3 aromatic carbocycles. The molecule has 0 aliphatic rings. The molecule has 230 valence electrons. The van der Waals surface area contributed by atoms with Crippen molar-refractivity contribution < 1.29 is 23.7 Å². The van der Waals surface area contributed by atoms with Crippen LogP contribution in [0.5, 0.6) is 5.75 Å². The van der Waals surface area contributed by atoms with Crippen LogP contribution >= 0.6 is 11.8 Å². The standard InChI is InChI=1S/C36H40N2O5S/c1-27-35(42-24-33(40-3)26-44-25-31-17-11-6-12-18-31)34(32(19-37-27)23-41-21-29-13-7-4-8-14-29)20-38-28(2)36(39)43-22-30-15-9-5-10-16-30/h4-20,28,33H,21-26H2,1-3H3/t28?,33-/m0/s1. The number of carbonyl (C=O) groups is 1. The summed E-state index contributed by atoms with van der Waals surface area (Å²) < 4.78 is 23.7. The Labute approximate surface area is 264 Å². The fourth-order valence-electron chi connectivity index (χ4n) is 4.27. The van der Waals surface area contributed by atoms with Gasteiger partial charge in [0, 0.05) is 42.2 Å². The largest absolute Gasteiger partial charge is 0.488 e. The van der Waals surface area contributed by atoms with Crippen LogP contribution in [0.25, 0.3) is 0 Å². The molecule has 0 amide bonds. The highest BCUT2D eigenvalue weighted by atomic mass is 32.2. The lowest BCUT2D eigenvalue weighted by molar-refractivity contribution is -0.145. The molecule has 2 atom stereocenters. The second-order valence-electron chi connectivity index (χ2n) is 10.3. The van der Waals surface area contributed by atoms with Crippen LogP contribution in [0.15, 0.2) is 102 Å². The van der Waals surface area contributed by atoms with E-state index in [0.29, 0.717) is 31.3 Å². The van der Waals surface area contributed by atoms with E-state index in [1.807, 2.05) is 85.8 Å². The van der Waals surface area contributed by atoms with Crippen molar-refractivity contribution >= 4 is 23.9 Å². The number of hydrogen-bond donors (Lipinski definition) is 0. The van der Waals surface area contributed by atoms with Crippen LogP contribution in [-0.2, 0) is 44.6 Å². The highest BCUT2D eigenvalue weighted by molar-refractivity contribution is 7.98. The average molecular weight is 613 g/mol. The Morgan fingerprint density at radius 2 is 1.50 bits per heavy atom. The van der Waals surface area contributed by atoms with Gasteiger partial charge in [-0.05, 0) is 30.5 Å². The Morgan fingerprint density at radius 1 is 0.886 bits per heavy atom. The van der Waals surface area contributed by atoms with Gasteiger partial charge in [0.15, 0.2) is 0 Å². The molecule has 0 aliphatic carbocycles. The minimum atomic E-state index is -0.709. The van der Waals surface area contributed by atoms with E-state index in [9.17, 15) is 4.79 Å². The molecular formula is C36H40N2O5S. The summed E-state index contributed by atoms with van der Waals surface area (Å²) in [5.74, 6) is 1.85.